The first kappa shape index (κ1) is 15.7. The van der Waals surface area contributed by atoms with Crippen LogP contribution in [0.25, 0.3) is 0 Å². The molecule has 118 valence electrons. The van der Waals surface area contributed by atoms with Crippen LogP contribution in [0.4, 0.5) is 5.69 Å². The average molecular weight is 373 g/mol. The van der Waals surface area contributed by atoms with Gasteiger partial charge in [-0.2, -0.15) is 0 Å². The summed E-state index contributed by atoms with van der Waals surface area (Å²) in [4.78, 5) is 24.5. The minimum Gasteiger partial charge on any atom is -0.349 e. The lowest BCUT2D eigenvalue weighted by molar-refractivity contribution is -0.126. The molecule has 0 fully saturated rings. The first-order valence-electron chi connectivity index (χ1n) is 7.49. The van der Waals surface area contributed by atoms with Crippen LogP contribution in [0.15, 0.2) is 53.0 Å². The molecule has 2 atom stereocenters. The van der Waals surface area contributed by atoms with E-state index in [0.29, 0.717) is 0 Å². The van der Waals surface area contributed by atoms with Crippen molar-refractivity contribution in [1.82, 2.24) is 5.32 Å². The third kappa shape index (κ3) is 3.45. The van der Waals surface area contributed by atoms with Gasteiger partial charge in [-0.05, 0) is 36.2 Å². The summed E-state index contributed by atoms with van der Waals surface area (Å²) in [5.41, 5.74) is 2.61. The van der Waals surface area contributed by atoms with Crippen LogP contribution < -0.4 is 10.6 Å². The van der Waals surface area contributed by atoms with Gasteiger partial charge in [0.05, 0.1) is 12.0 Å². The van der Waals surface area contributed by atoms with Crippen LogP contribution in [-0.4, -0.2) is 11.8 Å². The summed E-state index contributed by atoms with van der Waals surface area (Å²) in [6, 6.07) is 15.2. The van der Waals surface area contributed by atoms with E-state index in [1.165, 1.54) is 0 Å². The molecule has 4 nitrogen and oxygen atoms in total. The van der Waals surface area contributed by atoms with Crippen molar-refractivity contribution in [2.24, 2.45) is 0 Å². The Morgan fingerprint density at radius 1 is 1.22 bits per heavy atom. The summed E-state index contributed by atoms with van der Waals surface area (Å²) in [5.74, 6) is -0.694. The fourth-order valence-electron chi connectivity index (χ4n) is 2.79. The monoisotopic (exact) mass is 372 g/mol. The maximum absolute atomic E-state index is 12.7. The summed E-state index contributed by atoms with van der Waals surface area (Å²) >= 11 is 3.40. The normalized spacial score (nSPS) is 17.8. The highest BCUT2D eigenvalue weighted by molar-refractivity contribution is 9.10. The molecule has 1 aliphatic rings. The lowest BCUT2D eigenvalue weighted by atomic mass is 9.89. The lowest BCUT2D eigenvalue weighted by Gasteiger charge is -2.26. The van der Waals surface area contributed by atoms with Crippen molar-refractivity contribution < 1.29 is 9.59 Å². The SMILES string of the molecule is CC(NC(=O)C1CC(=O)Nc2ccccc21)c1ccc(Br)cc1. The van der Waals surface area contributed by atoms with Gasteiger partial charge in [-0.1, -0.05) is 46.3 Å². The van der Waals surface area contributed by atoms with Crippen LogP contribution in [0.3, 0.4) is 0 Å². The highest BCUT2D eigenvalue weighted by atomic mass is 79.9. The Morgan fingerprint density at radius 3 is 2.65 bits per heavy atom. The number of rotatable bonds is 3. The summed E-state index contributed by atoms with van der Waals surface area (Å²) in [6.45, 7) is 1.94. The smallest absolute Gasteiger partial charge is 0.228 e. The molecule has 2 amide bonds. The molecule has 0 saturated carbocycles. The van der Waals surface area contributed by atoms with Crippen molar-refractivity contribution in [3.8, 4) is 0 Å². The largest absolute Gasteiger partial charge is 0.349 e. The molecule has 0 bridgehead atoms. The van der Waals surface area contributed by atoms with Crippen molar-refractivity contribution >= 4 is 33.4 Å². The van der Waals surface area contributed by atoms with Gasteiger partial charge >= 0.3 is 0 Å². The number of amides is 2. The Morgan fingerprint density at radius 2 is 1.91 bits per heavy atom. The first-order valence-corrected chi connectivity index (χ1v) is 8.28. The summed E-state index contributed by atoms with van der Waals surface area (Å²) in [6.07, 6.45) is 0.176. The van der Waals surface area contributed by atoms with Gasteiger partial charge in [-0.25, -0.2) is 0 Å². The van der Waals surface area contributed by atoms with Crippen LogP contribution in [0.5, 0.6) is 0 Å². The van der Waals surface area contributed by atoms with Crippen LogP contribution in [0.2, 0.25) is 0 Å². The van der Waals surface area contributed by atoms with Crippen LogP contribution >= 0.6 is 15.9 Å². The molecule has 2 unspecified atom stereocenters. The Kier molecular flexibility index (Phi) is 4.48. The first-order chi connectivity index (χ1) is 11.0. The third-order valence-corrected chi connectivity index (χ3v) is 4.57. The van der Waals surface area contributed by atoms with Gasteiger partial charge in [0.2, 0.25) is 11.8 Å². The molecule has 3 rings (SSSR count). The standard InChI is InChI=1S/C18H17BrN2O2/c1-11(12-6-8-13(19)9-7-12)20-18(23)15-10-17(22)21-16-5-3-2-4-14(15)16/h2-9,11,15H,10H2,1H3,(H,20,23)(H,21,22). The minimum atomic E-state index is -0.446. The number of hydrogen-bond donors (Lipinski definition) is 2. The Labute approximate surface area is 143 Å². The fourth-order valence-corrected chi connectivity index (χ4v) is 3.06. The molecule has 5 heteroatoms. The molecular weight excluding hydrogens is 356 g/mol. The zero-order valence-corrected chi connectivity index (χ0v) is 14.3. The molecule has 0 saturated heterocycles. The second-order valence-electron chi connectivity index (χ2n) is 5.67. The van der Waals surface area contributed by atoms with Crippen LogP contribution in [-0.2, 0) is 9.59 Å². The third-order valence-electron chi connectivity index (χ3n) is 4.05. The average Bonchev–Trinajstić information content (AvgIpc) is 2.54. The van der Waals surface area contributed by atoms with E-state index in [9.17, 15) is 9.59 Å². The van der Waals surface area contributed by atoms with Gasteiger partial charge < -0.3 is 10.6 Å². The summed E-state index contributed by atoms with van der Waals surface area (Å²) in [5, 5.41) is 5.82. The van der Waals surface area contributed by atoms with Gasteiger partial charge in [0, 0.05) is 16.6 Å². The van der Waals surface area contributed by atoms with E-state index in [-0.39, 0.29) is 24.3 Å². The van der Waals surface area contributed by atoms with Crippen molar-refractivity contribution in [3.63, 3.8) is 0 Å². The maximum atomic E-state index is 12.7. The molecule has 1 aliphatic heterocycles. The highest BCUT2D eigenvalue weighted by Gasteiger charge is 2.31. The Balaban J connectivity index is 1.78. The van der Waals surface area contributed by atoms with Gasteiger partial charge in [-0.15, -0.1) is 0 Å². The summed E-state index contributed by atoms with van der Waals surface area (Å²) in [7, 11) is 0. The number of nitrogens with one attached hydrogen (secondary N) is 2. The van der Waals surface area contributed by atoms with Gasteiger partial charge in [0.1, 0.15) is 0 Å². The topological polar surface area (TPSA) is 58.2 Å². The second kappa shape index (κ2) is 6.54. The van der Waals surface area contributed by atoms with Crippen molar-refractivity contribution in [1.29, 1.82) is 0 Å². The van der Waals surface area contributed by atoms with E-state index in [1.54, 1.807) is 0 Å². The predicted molar refractivity (Wildman–Crippen MR) is 93.1 cm³/mol. The van der Waals surface area contributed by atoms with E-state index in [4.69, 9.17) is 0 Å². The van der Waals surface area contributed by atoms with Crippen molar-refractivity contribution in [3.05, 3.63) is 64.1 Å². The van der Waals surface area contributed by atoms with E-state index >= 15 is 0 Å². The molecule has 2 aromatic rings. The molecule has 2 aromatic carbocycles. The quantitative estimate of drug-likeness (QED) is 0.861. The molecule has 0 spiro atoms. The van der Waals surface area contributed by atoms with Gasteiger partial charge in [-0.3, -0.25) is 9.59 Å². The van der Waals surface area contributed by atoms with Crippen LogP contribution in [0.1, 0.15) is 36.4 Å². The molecule has 23 heavy (non-hydrogen) atoms. The molecule has 0 radical (unpaired) electrons. The molecule has 0 aromatic heterocycles. The Hall–Kier alpha value is -2.14. The number of carbonyl (C=O) groups is 2. The van der Waals surface area contributed by atoms with E-state index in [1.807, 2.05) is 55.5 Å². The maximum Gasteiger partial charge on any atom is 0.228 e. The molecule has 0 aliphatic carbocycles. The predicted octanol–water partition coefficient (Wildman–Crippen LogP) is 3.75. The fraction of sp³-hybridized carbons (Fsp3) is 0.222. The van der Waals surface area contributed by atoms with Gasteiger partial charge in [0.15, 0.2) is 0 Å². The van der Waals surface area contributed by atoms with E-state index in [2.05, 4.69) is 26.6 Å². The van der Waals surface area contributed by atoms with Crippen molar-refractivity contribution in [2.45, 2.75) is 25.3 Å². The van der Waals surface area contributed by atoms with Crippen LogP contribution in [0, 0.1) is 0 Å². The molecular formula is C18H17BrN2O2. The van der Waals surface area contributed by atoms with Crippen molar-refractivity contribution in [2.75, 3.05) is 5.32 Å². The highest BCUT2D eigenvalue weighted by Crippen LogP contribution is 2.32. The zero-order chi connectivity index (χ0) is 16.4. The number of anilines is 1. The number of carbonyl (C=O) groups excluding carboxylic acids is 2. The number of hydrogen-bond acceptors (Lipinski definition) is 2. The van der Waals surface area contributed by atoms with E-state index in [0.717, 1.165) is 21.3 Å². The number of para-hydroxylation sites is 1. The number of fused-ring (bicyclic) bond motifs is 1. The van der Waals surface area contributed by atoms with Gasteiger partial charge in [0.25, 0.3) is 0 Å². The lowest BCUT2D eigenvalue weighted by Crippen LogP contribution is -2.36. The zero-order valence-electron chi connectivity index (χ0n) is 12.7. The Bertz CT molecular complexity index is 743. The second-order valence-corrected chi connectivity index (χ2v) is 6.59. The number of halogens is 1. The minimum absolute atomic E-state index is 0.118. The summed E-state index contributed by atoms with van der Waals surface area (Å²) < 4.78 is 0.998. The number of benzene rings is 2. The van der Waals surface area contributed by atoms with E-state index < -0.39 is 5.92 Å². The molecule has 1 heterocycles. The molecule has 2 N–H and O–H groups in total.